The molecule has 0 saturated carbocycles. The van der Waals surface area contributed by atoms with Crippen LogP contribution < -0.4 is 10.6 Å². The molecule has 0 aliphatic rings. The summed E-state index contributed by atoms with van der Waals surface area (Å²) in [5.74, 6) is 0.310. The maximum Gasteiger partial charge on any atom is 0.405 e. The second kappa shape index (κ2) is 5.05. The quantitative estimate of drug-likeness (QED) is 0.931. The van der Waals surface area contributed by atoms with E-state index in [9.17, 15) is 13.2 Å². The van der Waals surface area contributed by atoms with E-state index in [-0.39, 0.29) is 0 Å². The third kappa shape index (κ3) is 2.96. The van der Waals surface area contributed by atoms with Crippen molar-refractivity contribution >= 4 is 16.6 Å². The number of pyridine rings is 1. The number of alkyl halides is 3. The van der Waals surface area contributed by atoms with Crippen molar-refractivity contribution in [1.82, 2.24) is 4.98 Å². The number of hydrogen-bond acceptors (Lipinski definition) is 3. The molecule has 1 heterocycles. The highest BCUT2D eigenvalue weighted by atomic mass is 19.4. The third-order valence-corrected chi connectivity index (χ3v) is 2.85. The number of hydrogen-bond donors (Lipinski definition) is 1. The zero-order valence-electron chi connectivity index (χ0n) is 10.4. The largest absolute Gasteiger partial charge is 0.405 e. The molecular weight excluding hydrogens is 255 g/mol. The highest BCUT2D eigenvalue weighted by Gasteiger charge is 2.30. The van der Waals surface area contributed by atoms with Crippen LogP contribution >= 0.6 is 0 Å². The van der Waals surface area contributed by atoms with Gasteiger partial charge in [0.05, 0.1) is 0 Å². The molecule has 0 radical (unpaired) electrons. The number of rotatable bonds is 3. The molecule has 6 heteroatoms. The van der Waals surface area contributed by atoms with Gasteiger partial charge in [0.1, 0.15) is 12.4 Å². The Hall–Kier alpha value is -1.82. The van der Waals surface area contributed by atoms with Gasteiger partial charge in [-0.1, -0.05) is 24.3 Å². The van der Waals surface area contributed by atoms with Gasteiger partial charge >= 0.3 is 6.18 Å². The van der Waals surface area contributed by atoms with Gasteiger partial charge in [-0.3, -0.25) is 0 Å². The first-order valence-corrected chi connectivity index (χ1v) is 5.77. The molecule has 3 nitrogen and oxygen atoms in total. The van der Waals surface area contributed by atoms with Crippen LogP contribution in [0, 0.1) is 0 Å². The fraction of sp³-hybridized carbons (Fsp3) is 0.308. The Labute approximate surface area is 108 Å². The van der Waals surface area contributed by atoms with E-state index >= 15 is 0 Å². The molecule has 1 aromatic carbocycles. The summed E-state index contributed by atoms with van der Waals surface area (Å²) in [7, 11) is 1.38. The van der Waals surface area contributed by atoms with E-state index in [0.29, 0.717) is 17.7 Å². The van der Waals surface area contributed by atoms with Gasteiger partial charge in [0.15, 0.2) is 0 Å². The van der Waals surface area contributed by atoms with Crippen molar-refractivity contribution in [2.24, 2.45) is 5.73 Å². The minimum absolute atomic E-state index is 0.302. The maximum atomic E-state index is 12.4. The molecule has 2 rings (SSSR count). The first-order chi connectivity index (χ1) is 8.92. The van der Waals surface area contributed by atoms with Crippen molar-refractivity contribution in [1.29, 1.82) is 0 Å². The van der Waals surface area contributed by atoms with Crippen LogP contribution in [0.25, 0.3) is 10.8 Å². The van der Waals surface area contributed by atoms with Crippen molar-refractivity contribution in [3.63, 3.8) is 0 Å². The average molecular weight is 269 g/mol. The van der Waals surface area contributed by atoms with E-state index < -0.39 is 12.7 Å². The Morgan fingerprint density at radius 3 is 2.42 bits per heavy atom. The van der Waals surface area contributed by atoms with Crippen LogP contribution in [-0.2, 0) is 6.54 Å². The van der Waals surface area contributed by atoms with E-state index in [1.165, 1.54) is 13.2 Å². The summed E-state index contributed by atoms with van der Waals surface area (Å²) in [5, 5.41) is 1.52. The predicted octanol–water partition coefficient (Wildman–Crippen LogP) is 2.69. The van der Waals surface area contributed by atoms with Crippen LogP contribution in [0.3, 0.4) is 0 Å². The number of fused-ring (bicyclic) bond motifs is 1. The normalized spacial score (nSPS) is 11.8. The molecule has 0 aliphatic carbocycles. The fourth-order valence-electron chi connectivity index (χ4n) is 2.05. The molecule has 2 aromatic rings. The summed E-state index contributed by atoms with van der Waals surface area (Å²) in [6, 6.07) is 7.19. The second-order valence-corrected chi connectivity index (χ2v) is 4.33. The van der Waals surface area contributed by atoms with Crippen molar-refractivity contribution in [2.45, 2.75) is 12.7 Å². The molecule has 2 N–H and O–H groups in total. The van der Waals surface area contributed by atoms with Gasteiger partial charge in [-0.05, 0) is 10.9 Å². The number of nitrogens with two attached hydrogens (primary N) is 1. The molecule has 102 valence electrons. The van der Waals surface area contributed by atoms with Gasteiger partial charge in [0, 0.05) is 25.2 Å². The van der Waals surface area contributed by atoms with Crippen LogP contribution in [0.4, 0.5) is 19.0 Å². The maximum absolute atomic E-state index is 12.4. The molecule has 0 spiro atoms. The molecule has 0 saturated heterocycles. The lowest BCUT2D eigenvalue weighted by Gasteiger charge is -2.22. The summed E-state index contributed by atoms with van der Waals surface area (Å²) in [6.45, 7) is -0.733. The number of benzene rings is 1. The van der Waals surface area contributed by atoms with E-state index in [1.807, 2.05) is 12.1 Å². The minimum atomic E-state index is -4.26. The summed E-state index contributed by atoms with van der Waals surface area (Å²) in [6.07, 6.45) is -2.73. The number of anilines is 1. The van der Waals surface area contributed by atoms with Gasteiger partial charge in [-0.2, -0.15) is 13.2 Å². The van der Waals surface area contributed by atoms with Gasteiger partial charge < -0.3 is 10.6 Å². The zero-order chi connectivity index (χ0) is 14.0. The molecule has 19 heavy (non-hydrogen) atoms. The summed E-state index contributed by atoms with van der Waals surface area (Å²) < 4.78 is 37.3. The number of nitrogens with zero attached hydrogens (tertiary/aromatic N) is 2. The average Bonchev–Trinajstić information content (AvgIpc) is 2.35. The molecule has 0 atom stereocenters. The van der Waals surface area contributed by atoms with Crippen LogP contribution in [0.1, 0.15) is 5.56 Å². The number of aromatic nitrogens is 1. The van der Waals surface area contributed by atoms with Crippen LogP contribution in [0.2, 0.25) is 0 Å². The van der Waals surface area contributed by atoms with Gasteiger partial charge in [-0.25, -0.2) is 4.98 Å². The number of halogens is 3. The molecule has 0 fully saturated rings. The van der Waals surface area contributed by atoms with E-state index in [2.05, 4.69) is 4.98 Å². The summed E-state index contributed by atoms with van der Waals surface area (Å²) >= 11 is 0. The molecule has 0 aliphatic heterocycles. The highest BCUT2D eigenvalue weighted by Crippen LogP contribution is 2.28. The Morgan fingerprint density at radius 1 is 1.21 bits per heavy atom. The van der Waals surface area contributed by atoms with Gasteiger partial charge in [0.25, 0.3) is 0 Å². The van der Waals surface area contributed by atoms with E-state index in [1.54, 1.807) is 12.1 Å². The zero-order valence-corrected chi connectivity index (χ0v) is 10.4. The van der Waals surface area contributed by atoms with Crippen molar-refractivity contribution in [3.8, 4) is 0 Å². The topological polar surface area (TPSA) is 42.2 Å². The summed E-state index contributed by atoms with van der Waals surface area (Å²) in [5.41, 5.74) is 6.43. The lowest BCUT2D eigenvalue weighted by Crippen LogP contribution is -2.31. The minimum Gasteiger partial charge on any atom is -0.350 e. The van der Waals surface area contributed by atoms with Crippen LogP contribution in [-0.4, -0.2) is 24.8 Å². The monoisotopic (exact) mass is 269 g/mol. The SMILES string of the molecule is CN(CC(F)(F)F)c1ncc(CN)c2ccccc12. The fourth-order valence-corrected chi connectivity index (χ4v) is 2.05. The lowest BCUT2D eigenvalue weighted by molar-refractivity contribution is -0.119. The van der Waals surface area contributed by atoms with E-state index in [4.69, 9.17) is 5.73 Å². The van der Waals surface area contributed by atoms with Crippen LogP contribution in [0.15, 0.2) is 30.5 Å². The Balaban J connectivity index is 2.50. The van der Waals surface area contributed by atoms with Gasteiger partial charge in [0.2, 0.25) is 0 Å². The third-order valence-electron chi connectivity index (χ3n) is 2.85. The smallest absolute Gasteiger partial charge is 0.350 e. The van der Waals surface area contributed by atoms with Crippen molar-refractivity contribution in [3.05, 3.63) is 36.0 Å². The van der Waals surface area contributed by atoms with Crippen LogP contribution in [0.5, 0.6) is 0 Å². The van der Waals surface area contributed by atoms with E-state index in [0.717, 1.165) is 15.8 Å². The predicted molar refractivity (Wildman–Crippen MR) is 69.0 cm³/mol. The lowest BCUT2D eigenvalue weighted by atomic mass is 10.1. The Bertz CT molecular complexity index is 581. The molecule has 0 bridgehead atoms. The van der Waals surface area contributed by atoms with Gasteiger partial charge in [-0.15, -0.1) is 0 Å². The Kier molecular flexibility index (Phi) is 3.61. The Morgan fingerprint density at radius 2 is 1.84 bits per heavy atom. The highest BCUT2D eigenvalue weighted by molar-refractivity contribution is 5.94. The summed E-state index contributed by atoms with van der Waals surface area (Å²) in [4.78, 5) is 5.21. The van der Waals surface area contributed by atoms with Crippen molar-refractivity contribution < 1.29 is 13.2 Å². The molecule has 1 aromatic heterocycles. The molecular formula is C13H14F3N3. The first kappa shape index (κ1) is 13.6. The standard InChI is InChI=1S/C13H14F3N3/c1-19(8-13(14,15)16)12-11-5-3-2-4-10(11)9(6-17)7-18-12/h2-5,7H,6,8,17H2,1H3. The first-order valence-electron chi connectivity index (χ1n) is 5.77. The molecule has 0 amide bonds. The van der Waals surface area contributed by atoms with Crippen molar-refractivity contribution in [2.75, 3.05) is 18.5 Å². The second-order valence-electron chi connectivity index (χ2n) is 4.33. The molecule has 0 unspecified atom stereocenters.